The number of piperidine rings is 1. The van der Waals surface area contributed by atoms with E-state index in [0.29, 0.717) is 30.2 Å². The van der Waals surface area contributed by atoms with Crippen molar-refractivity contribution in [2.45, 2.75) is 18.8 Å². The summed E-state index contributed by atoms with van der Waals surface area (Å²) in [5, 5.41) is 2.60. The Morgan fingerprint density at radius 2 is 2.00 bits per heavy atom. The molecule has 1 N–H and O–H groups in total. The van der Waals surface area contributed by atoms with E-state index in [2.05, 4.69) is 15.0 Å². The molecule has 0 radical (unpaired) electrons. The van der Waals surface area contributed by atoms with Crippen LogP contribution in [0, 0.1) is 0 Å². The molecule has 1 aliphatic rings. The number of aromatic amines is 1. The molecule has 8 heteroatoms. The van der Waals surface area contributed by atoms with Crippen molar-refractivity contribution in [3.63, 3.8) is 0 Å². The maximum absolute atomic E-state index is 12.7. The summed E-state index contributed by atoms with van der Waals surface area (Å²) < 4.78 is 5.14. The first-order chi connectivity index (χ1) is 13.6. The van der Waals surface area contributed by atoms with Gasteiger partial charge in [0.25, 0.3) is 11.5 Å². The number of ether oxygens (including phenoxy) is 1. The Morgan fingerprint density at radius 1 is 1.25 bits per heavy atom. The highest BCUT2D eigenvalue weighted by Crippen LogP contribution is 2.28. The molecule has 0 spiro atoms. The summed E-state index contributed by atoms with van der Waals surface area (Å²) >= 11 is 1.46. The van der Waals surface area contributed by atoms with E-state index in [9.17, 15) is 9.59 Å². The Morgan fingerprint density at radius 3 is 2.64 bits per heavy atom. The molecule has 3 aromatic rings. The summed E-state index contributed by atoms with van der Waals surface area (Å²) in [6.45, 7) is 1.25. The van der Waals surface area contributed by atoms with Gasteiger partial charge in [0.15, 0.2) is 0 Å². The number of nitrogens with one attached hydrogen (secondary N) is 1. The Balaban J connectivity index is 1.45. The fraction of sp³-hybridized carbons (Fsp3) is 0.300. The van der Waals surface area contributed by atoms with Crippen LogP contribution in [0.1, 0.15) is 34.9 Å². The number of likely N-dealkylation sites (tertiary alicyclic amines) is 1. The van der Waals surface area contributed by atoms with Crippen LogP contribution in [-0.2, 0) is 0 Å². The van der Waals surface area contributed by atoms with Crippen LogP contribution in [-0.4, -0.2) is 46.0 Å². The number of nitrogens with zero attached hydrogens (tertiary/aromatic N) is 3. The molecule has 1 fully saturated rings. The second kappa shape index (κ2) is 7.93. The van der Waals surface area contributed by atoms with Crippen molar-refractivity contribution in [1.29, 1.82) is 0 Å². The molecule has 28 heavy (non-hydrogen) atoms. The normalized spacial score (nSPS) is 14.8. The fourth-order valence-electron chi connectivity index (χ4n) is 3.40. The molecule has 0 bridgehead atoms. The second-order valence-electron chi connectivity index (χ2n) is 6.65. The van der Waals surface area contributed by atoms with Crippen molar-refractivity contribution >= 4 is 17.2 Å². The Labute approximate surface area is 166 Å². The van der Waals surface area contributed by atoms with Gasteiger partial charge in [0.05, 0.1) is 7.11 Å². The summed E-state index contributed by atoms with van der Waals surface area (Å²) in [6.07, 6.45) is 3.21. The molecule has 144 valence electrons. The number of benzene rings is 1. The molecule has 1 amide bonds. The van der Waals surface area contributed by atoms with Crippen LogP contribution in [0.15, 0.2) is 46.7 Å². The minimum Gasteiger partial charge on any atom is -0.497 e. The van der Waals surface area contributed by atoms with Crippen molar-refractivity contribution in [2.75, 3.05) is 20.2 Å². The molecule has 1 aliphatic heterocycles. The number of thiazole rings is 1. The average Bonchev–Trinajstić information content (AvgIpc) is 3.28. The number of aromatic nitrogens is 3. The van der Waals surface area contributed by atoms with Crippen molar-refractivity contribution in [1.82, 2.24) is 19.9 Å². The smallest absolute Gasteiger partial charge is 0.253 e. The van der Waals surface area contributed by atoms with Crippen LogP contribution < -0.4 is 10.3 Å². The van der Waals surface area contributed by atoms with E-state index in [0.717, 1.165) is 23.6 Å². The van der Waals surface area contributed by atoms with Crippen molar-refractivity contribution in [3.05, 3.63) is 63.7 Å². The van der Waals surface area contributed by atoms with Gasteiger partial charge in [-0.2, -0.15) is 0 Å². The highest BCUT2D eigenvalue weighted by molar-refractivity contribution is 7.13. The first kappa shape index (κ1) is 18.4. The van der Waals surface area contributed by atoms with E-state index >= 15 is 0 Å². The standard InChI is InChI=1S/C20H20N4O3S/c1-27-15-4-2-14(3-5-15)20(26)24-9-6-13(7-10-24)18-22-16(12-17(25)23-18)19-21-8-11-28-19/h2-5,8,11-13H,6-7,9-10H2,1H3,(H,22,23,25). The highest BCUT2D eigenvalue weighted by atomic mass is 32.1. The van der Waals surface area contributed by atoms with Gasteiger partial charge in [0, 0.05) is 42.2 Å². The lowest BCUT2D eigenvalue weighted by Gasteiger charge is -2.31. The monoisotopic (exact) mass is 396 g/mol. The second-order valence-corrected chi connectivity index (χ2v) is 7.54. The van der Waals surface area contributed by atoms with Crippen LogP contribution in [0.4, 0.5) is 0 Å². The number of amides is 1. The van der Waals surface area contributed by atoms with Gasteiger partial charge >= 0.3 is 0 Å². The number of hydrogen-bond acceptors (Lipinski definition) is 6. The topological polar surface area (TPSA) is 88.2 Å². The number of carbonyl (C=O) groups is 1. The SMILES string of the molecule is COc1ccc(C(=O)N2CCC(c3nc(-c4nccs4)cc(=O)[nH]3)CC2)cc1. The van der Waals surface area contributed by atoms with Gasteiger partial charge in [-0.25, -0.2) is 9.97 Å². The Bertz CT molecular complexity index is 1010. The molecule has 0 saturated carbocycles. The Hall–Kier alpha value is -3.00. The van der Waals surface area contributed by atoms with E-state index < -0.39 is 0 Å². The lowest BCUT2D eigenvalue weighted by molar-refractivity contribution is 0.0711. The van der Waals surface area contributed by atoms with Crippen LogP contribution in [0.2, 0.25) is 0 Å². The molecule has 0 aliphatic carbocycles. The van der Waals surface area contributed by atoms with Crippen molar-refractivity contribution in [2.24, 2.45) is 0 Å². The largest absolute Gasteiger partial charge is 0.497 e. The third kappa shape index (κ3) is 3.82. The van der Waals surface area contributed by atoms with E-state index in [-0.39, 0.29) is 17.4 Å². The minimum absolute atomic E-state index is 0.0130. The molecule has 0 atom stereocenters. The number of H-pyrrole nitrogens is 1. The predicted octanol–water partition coefficient (Wildman–Crippen LogP) is 2.92. The van der Waals surface area contributed by atoms with Gasteiger partial charge in [-0.3, -0.25) is 9.59 Å². The van der Waals surface area contributed by atoms with Crippen LogP contribution in [0.3, 0.4) is 0 Å². The average molecular weight is 396 g/mol. The first-order valence-corrected chi connectivity index (χ1v) is 9.96. The molecular weight excluding hydrogens is 376 g/mol. The molecule has 1 aromatic carbocycles. The summed E-state index contributed by atoms with van der Waals surface area (Å²) in [4.78, 5) is 38.3. The van der Waals surface area contributed by atoms with E-state index in [1.54, 1.807) is 37.6 Å². The molecule has 3 heterocycles. The van der Waals surface area contributed by atoms with E-state index in [1.807, 2.05) is 10.3 Å². The molecule has 0 unspecified atom stereocenters. The summed E-state index contributed by atoms with van der Waals surface area (Å²) in [5.74, 6) is 1.53. The summed E-state index contributed by atoms with van der Waals surface area (Å²) in [5.41, 5.74) is 1.08. The number of methoxy groups -OCH3 is 1. The van der Waals surface area contributed by atoms with Crippen LogP contribution >= 0.6 is 11.3 Å². The van der Waals surface area contributed by atoms with E-state index in [1.165, 1.54) is 17.4 Å². The maximum Gasteiger partial charge on any atom is 0.253 e. The summed E-state index contributed by atoms with van der Waals surface area (Å²) in [7, 11) is 1.60. The van der Waals surface area contributed by atoms with Crippen molar-refractivity contribution < 1.29 is 9.53 Å². The lowest BCUT2D eigenvalue weighted by atomic mass is 9.95. The quantitative estimate of drug-likeness (QED) is 0.733. The zero-order valence-corrected chi connectivity index (χ0v) is 16.2. The number of hydrogen-bond donors (Lipinski definition) is 1. The fourth-order valence-corrected chi connectivity index (χ4v) is 4.00. The molecule has 1 saturated heterocycles. The third-order valence-corrected chi connectivity index (χ3v) is 5.71. The zero-order chi connectivity index (χ0) is 19.5. The maximum atomic E-state index is 12.7. The lowest BCUT2D eigenvalue weighted by Crippen LogP contribution is -2.38. The number of carbonyl (C=O) groups excluding carboxylic acids is 1. The van der Waals surface area contributed by atoms with Gasteiger partial charge < -0.3 is 14.6 Å². The predicted molar refractivity (Wildman–Crippen MR) is 107 cm³/mol. The summed E-state index contributed by atoms with van der Waals surface area (Å²) in [6, 6.07) is 8.62. The molecule has 2 aromatic heterocycles. The molecule has 4 rings (SSSR count). The minimum atomic E-state index is -0.174. The van der Waals surface area contributed by atoms with Gasteiger partial charge in [-0.05, 0) is 37.1 Å². The first-order valence-electron chi connectivity index (χ1n) is 9.08. The van der Waals surface area contributed by atoms with Gasteiger partial charge in [-0.1, -0.05) is 0 Å². The van der Waals surface area contributed by atoms with Gasteiger partial charge in [0.1, 0.15) is 22.3 Å². The van der Waals surface area contributed by atoms with Crippen molar-refractivity contribution in [3.8, 4) is 16.5 Å². The molecule has 7 nitrogen and oxygen atoms in total. The van der Waals surface area contributed by atoms with Gasteiger partial charge in [-0.15, -0.1) is 11.3 Å². The Kier molecular flexibility index (Phi) is 5.21. The van der Waals surface area contributed by atoms with Crippen LogP contribution in [0.5, 0.6) is 5.75 Å². The van der Waals surface area contributed by atoms with Gasteiger partial charge in [0.2, 0.25) is 0 Å². The zero-order valence-electron chi connectivity index (χ0n) is 15.4. The third-order valence-electron chi connectivity index (χ3n) is 4.92. The molecular formula is C20H20N4O3S. The highest BCUT2D eigenvalue weighted by Gasteiger charge is 2.26. The van der Waals surface area contributed by atoms with E-state index in [4.69, 9.17) is 4.74 Å². The van der Waals surface area contributed by atoms with Crippen LogP contribution in [0.25, 0.3) is 10.7 Å². The number of rotatable bonds is 4.